The molecule has 2 aromatic rings. The van der Waals surface area contributed by atoms with Crippen LogP contribution in [-0.4, -0.2) is 35.4 Å². The zero-order valence-corrected chi connectivity index (χ0v) is 16.6. The standard InChI is InChI=1S/C16H18ClN3OS.2ClH/c1-10-15(22-11(2)19-10)16(21)20-8-7-18-9-14(20)12-5-3-4-6-13(12)17;;/h3-6,14,18H,7-9H2,1-2H3;2*1H. The SMILES string of the molecule is Cc1nc(C)c(C(=O)N2CCNCC2c2ccccc2Cl)s1.Cl.Cl. The van der Waals surface area contributed by atoms with Crippen molar-refractivity contribution in [1.82, 2.24) is 15.2 Å². The van der Waals surface area contributed by atoms with Gasteiger partial charge in [0, 0.05) is 24.7 Å². The molecule has 1 aliphatic rings. The van der Waals surface area contributed by atoms with Crippen molar-refractivity contribution in [1.29, 1.82) is 0 Å². The second-order valence-electron chi connectivity index (χ2n) is 5.39. The molecule has 1 amide bonds. The number of hydrogen-bond acceptors (Lipinski definition) is 4. The molecule has 0 spiro atoms. The number of rotatable bonds is 2. The molecule has 1 N–H and O–H groups in total. The lowest BCUT2D eigenvalue weighted by atomic mass is 10.0. The highest BCUT2D eigenvalue weighted by molar-refractivity contribution is 7.13. The van der Waals surface area contributed by atoms with Crippen molar-refractivity contribution in [3.63, 3.8) is 0 Å². The van der Waals surface area contributed by atoms with Gasteiger partial charge in [0.2, 0.25) is 0 Å². The van der Waals surface area contributed by atoms with Crippen molar-refractivity contribution in [2.45, 2.75) is 19.9 Å². The summed E-state index contributed by atoms with van der Waals surface area (Å²) in [7, 11) is 0. The van der Waals surface area contributed by atoms with Crippen LogP contribution in [0.15, 0.2) is 24.3 Å². The molecule has 1 unspecified atom stereocenters. The van der Waals surface area contributed by atoms with Crippen molar-refractivity contribution in [2.24, 2.45) is 0 Å². The first-order valence-corrected chi connectivity index (χ1v) is 8.47. The minimum absolute atomic E-state index is 0. The maximum Gasteiger partial charge on any atom is 0.266 e. The molecule has 2 heterocycles. The maximum absolute atomic E-state index is 13.0. The molecule has 24 heavy (non-hydrogen) atoms. The van der Waals surface area contributed by atoms with Crippen molar-refractivity contribution in [3.05, 3.63) is 50.4 Å². The Labute approximate surface area is 163 Å². The number of thiazole rings is 1. The zero-order chi connectivity index (χ0) is 15.7. The Balaban J connectivity index is 0.00000144. The Bertz CT molecular complexity index is 708. The van der Waals surface area contributed by atoms with Gasteiger partial charge in [-0.15, -0.1) is 36.2 Å². The summed E-state index contributed by atoms with van der Waals surface area (Å²) in [4.78, 5) is 20.0. The van der Waals surface area contributed by atoms with E-state index in [1.165, 1.54) is 11.3 Å². The second-order valence-corrected chi connectivity index (χ2v) is 7.00. The lowest BCUT2D eigenvalue weighted by Crippen LogP contribution is -2.48. The highest BCUT2D eigenvalue weighted by Crippen LogP contribution is 2.31. The number of nitrogens with zero attached hydrogens (tertiary/aromatic N) is 2. The van der Waals surface area contributed by atoms with Crippen LogP contribution in [0.25, 0.3) is 0 Å². The fourth-order valence-electron chi connectivity index (χ4n) is 2.83. The number of hydrogen-bond donors (Lipinski definition) is 1. The Morgan fingerprint density at radius 1 is 1.33 bits per heavy atom. The molecule has 1 aromatic carbocycles. The minimum atomic E-state index is -0.0447. The molecule has 1 aromatic heterocycles. The van der Waals surface area contributed by atoms with Gasteiger partial charge in [0.15, 0.2) is 0 Å². The predicted molar refractivity (Wildman–Crippen MR) is 104 cm³/mol. The Hall–Kier alpha value is -0.850. The molecule has 0 bridgehead atoms. The Kier molecular flexibility index (Phi) is 7.96. The van der Waals surface area contributed by atoms with Gasteiger partial charge >= 0.3 is 0 Å². The highest BCUT2D eigenvalue weighted by atomic mass is 35.5. The Morgan fingerprint density at radius 3 is 2.67 bits per heavy atom. The van der Waals surface area contributed by atoms with Crippen LogP contribution in [0.5, 0.6) is 0 Å². The van der Waals surface area contributed by atoms with Crippen molar-refractivity contribution < 1.29 is 4.79 Å². The van der Waals surface area contributed by atoms with Crippen LogP contribution in [0.3, 0.4) is 0 Å². The number of nitrogens with one attached hydrogen (secondary N) is 1. The van der Waals surface area contributed by atoms with E-state index in [0.29, 0.717) is 18.1 Å². The molecule has 3 rings (SSSR count). The summed E-state index contributed by atoms with van der Waals surface area (Å²) in [5.74, 6) is 0.0505. The van der Waals surface area contributed by atoms with Crippen LogP contribution in [0.1, 0.15) is 32.0 Å². The fraction of sp³-hybridized carbons (Fsp3) is 0.375. The van der Waals surface area contributed by atoms with E-state index in [2.05, 4.69) is 10.3 Å². The number of aromatic nitrogens is 1. The van der Waals surface area contributed by atoms with Crippen LogP contribution in [0, 0.1) is 13.8 Å². The van der Waals surface area contributed by atoms with Gasteiger partial charge in [0.05, 0.1) is 16.7 Å². The van der Waals surface area contributed by atoms with Crippen LogP contribution >= 0.6 is 47.8 Å². The van der Waals surface area contributed by atoms with Gasteiger partial charge in [-0.25, -0.2) is 4.98 Å². The average Bonchev–Trinajstić information content (AvgIpc) is 2.86. The van der Waals surface area contributed by atoms with Crippen molar-refractivity contribution in [3.8, 4) is 0 Å². The first-order valence-electron chi connectivity index (χ1n) is 7.28. The number of halogens is 3. The van der Waals surface area contributed by atoms with Gasteiger partial charge in [-0.05, 0) is 25.5 Å². The zero-order valence-electron chi connectivity index (χ0n) is 13.4. The molecule has 132 valence electrons. The summed E-state index contributed by atoms with van der Waals surface area (Å²) in [6.07, 6.45) is 0. The van der Waals surface area contributed by atoms with Gasteiger partial charge in [-0.2, -0.15) is 0 Å². The fourth-order valence-corrected chi connectivity index (χ4v) is 3.97. The third-order valence-electron chi connectivity index (χ3n) is 3.87. The van der Waals surface area contributed by atoms with E-state index in [1.54, 1.807) is 0 Å². The average molecular weight is 409 g/mol. The minimum Gasteiger partial charge on any atom is -0.328 e. The summed E-state index contributed by atoms with van der Waals surface area (Å²) >= 11 is 7.80. The van der Waals surface area contributed by atoms with E-state index >= 15 is 0 Å². The van der Waals surface area contributed by atoms with Gasteiger partial charge in [0.25, 0.3) is 5.91 Å². The molecule has 0 saturated carbocycles. The number of carbonyl (C=O) groups is 1. The van der Waals surface area contributed by atoms with E-state index in [9.17, 15) is 4.79 Å². The van der Waals surface area contributed by atoms with Gasteiger partial charge < -0.3 is 10.2 Å². The Morgan fingerprint density at radius 2 is 2.04 bits per heavy atom. The number of piperazine rings is 1. The monoisotopic (exact) mass is 407 g/mol. The van der Waals surface area contributed by atoms with Crippen molar-refractivity contribution in [2.75, 3.05) is 19.6 Å². The lowest BCUT2D eigenvalue weighted by molar-refractivity contribution is 0.0638. The summed E-state index contributed by atoms with van der Waals surface area (Å²) < 4.78 is 0. The van der Waals surface area contributed by atoms with Gasteiger partial charge in [-0.1, -0.05) is 29.8 Å². The largest absolute Gasteiger partial charge is 0.328 e. The molecular weight excluding hydrogens is 389 g/mol. The van der Waals surface area contributed by atoms with Gasteiger partial charge in [-0.3, -0.25) is 4.79 Å². The van der Waals surface area contributed by atoms with E-state index in [-0.39, 0.29) is 36.8 Å². The summed E-state index contributed by atoms with van der Waals surface area (Å²) in [5.41, 5.74) is 1.80. The number of benzene rings is 1. The van der Waals surface area contributed by atoms with E-state index < -0.39 is 0 Å². The molecular formula is C16H20Cl3N3OS. The summed E-state index contributed by atoms with van der Waals surface area (Å²) in [6, 6.07) is 7.68. The number of amides is 1. The topological polar surface area (TPSA) is 45.2 Å². The third kappa shape index (κ3) is 4.21. The molecule has 1 saturated heterocycles. The molecule has 0 radical (unpaired) electrons. The second kappa shape index (κ2) is 9.02. The molecule has 1 fully saturated rings. The number of aryl methyl sites for hydroxylation is 2. The molecule has 8 heteroatoms. The normalized spacial score (nSPS) is 17.0. The van der Waals surface area contributed by atoms with Gasteiger partial charge in [0.1, 0.15) is 4.88 Å². The van der Waals surface area contributed by atoms with E-state index in [0.717, 1.165) is 27.7 Å². The molecule has 4 nitrogen and oxygen atoms in total. The highest BCUT2D eigenvalue weighted by Gasteiger charge is 2.31. The molecule has 0 aliphatic carbocycles. The first-order chi connectivity index (χ1) is 10.6. The van der Waals surface area contributed by atoms with Crippen LogP contribution in [0.4, 0.5) is 0 Å². The number of carbonyl (C=O) groups excluding carboxylic acids is 1. The summed E-state index contributed by atoms with van der Waals surface area (Å²) in [6.45, 7) is 6.00. The van der Waals surface area contributed by atoms with E-state index in [4.69, 9.17) is 11.6 Å². The summed E-state index contributed by atoms with van der Waals surface area (Å²) in [5, 5.41) is 4.97. The third-order valence-corrected chi connectivity index (χ3v) is 5.27. The smallest absolute Gasteiger partial charge is 0.266 e. The quantitative estimate of drug-likeness (QED) is 0.815. The predicted octanol–water partition coefficient (Wildman–Crippen LogP) is 4.04. The van der Waals surface area contributed by atoms with Crippen LogP contribution < -0.4 is 5.32 Å². The lowest BCUT2D eigenvalue weighted by Gasteiger charge is -2.36. The van der Waals surface area contributed by atoms with Crippen LogP contribution in [0.2, 0.25) is 5.02 Å². The first kappa shape index (κ1) is 21.2. The maximum atomic E-state index is 13.0. The molecule has 1 aliphatic heterocycles. The van der Waals surface area contributed by atoms with Crippen molar-refractivity contribution >= 4 is 53.7 Å². The molecule has 1 atom stereocenters. The van der Waals surface area contributed by atoms with E-state index in [1.807, 2.05) is 43.0 Å². The van der Waals surface area contributed by atoms with Crippen LogP contribution in [-0.2, 0) is 0 Å².